The van der Waals surface area contributed by atoms with Crippen molar-refractivity contribution in [3.8, 4) is 11.5 Å². The lowest BCUT2D eigenvalue weighted by Gasteiger charge is -2.28. The van der Waals surface area contributed by atoms with Crippen LogP contribution in [0.2, 0.25) is 0 Å². The van der Waals surface area contributed by atoms with Gasteiger partial charge in [-0.2, -0.15) is 5.10 Å². The molecular formula is C26H30N10O3. The Morgan fingerprint density at radius 1 is 1.28 bits per heavy atom. The number of tetrazole rings is 1. The third-order valence-electron chi connectivity index (χ3n) is 6.47. The molecule has 0 fully saturated rings. The van der Waals surface area contributed by atoms with E-state index in [1.54, 1.807) is 27.9 Å². The van der Waals surface area contributed by atoms with Crippen molar-refractivity contribution in [2.75, 3.05) is 18.5 Å². The van der Waals surface area contributed by atoms with Crippen molar-refractivity contribution in [1.82, 2.24) is 44.9 Å². The molecule has 4 aromatic rings. The normalized spacial score (nSPS) is 13.6. The molecule has 39 heavy (non-hydrogen) atoms. The summed E-state index contributed by atoms with van der Waals surface area (Å²) < 4.78 is 8.84. The maximum atomic E-state index is 12.7. The number of aryl methyl sites for hydroxylation is 1. The van der Waals surface area contributed by atoms with Crippen LogP contribution in [0.3, 0.4) is 0 Å². The van der Waals surface area contributed by atoms with Crippen molar-refractivity contribution in [2.45, 2.75) is 46.0 Å². The maximum absolute atomic E-state index is 12.7. The van der Waals surface area contributed by atoms with Crippen molar-refractivity contribution in [3.05, 3.63) is 71.8 Å². The van der Waals surface area contributed by atoms with E-state index in [9.17, 15) is 9.90 Å². The predicted molar refractivity (Wildman–Crippen MR) is 142 cm³/mol. The van der Waals surface area contributed by atoms with Crippen LogP contribution in [-0.4, -0.2) is 69.2 Å². The topological polar surface area (TPSA) is 149 Å². The molecule has 0 saturated carbocycles. The number of nitrogens with one attached hydrogen (secondary N) is 1. The molecule has 0 radical (unpaired) electrons. The highest BCUT2D eigenvalue weighted by molar-refractivity contribution is 5.73. The lowest BCUT2D eigenvalue weighted by molar-refractivity contribution is 0.0918. The van der Waals surface area contributed by atoms with E-state index in [4.69, 9.17) is 4.74 Å². The molecule has 1 atom stereocenters. The summed E-state index contributed by atoms with van der Waals surface area (Å²) in [5.41, 5.74) is 4.68. The van der Waals surface area contributed by atoms with Gasteiger partial charge in [0.05, 0.1) is 30.2 Å². The summed E-state index contributed by atoms with van der Waals surface area (Å²) in [7, 11) is 0. The average Bonchev–Trinajstić information content (AvgIpc) is 3.65. The fourth-order valence-electron chi connectivity index (χ4n) is 4.23. The Labute approximate surface area is 225 Å². The molecule has 2 N–H and O–H groups in total. The number of anilines is 1. The lowest BCUT2D eigenvalue weighted by Crippen LogP contribution is -2.36. The molecule has 1 amide bonds. The van der Waals surface area contributed by atoms with Crippen LogP contribution in [-0.2, 0) is 30.9 Å². The van der Waals surface area contributed by atoms with Gasteiger partial charge in [-0.3, -0.25) is 9.67 Å². The van der Waals surface area contributed by atoms with Gasteiger partial charge in [-0.15, -0.1) is 5.10 Å². The number of aromatic nitrogens is 8. The molecule has 1 aliphatic rings. The molecule has 202 valence electrons. The quantitative estimate of drug-likeness (QED) is 0.331. The average molecular weight is 531 g/mol. The molecule has 0 spiro atoms. The number of amides is 1. The van der Waals surface area contributed by atoms with Crippen molar-refractivity contribution in [3.63, 3.8) is 0 Å². The molecule has 0 aliphatic carbocycles. The zero-order chi connectivity index (χ0) is 27.4. The Hall–Kier alpha value is -4.65. The smallest absolute Gasteiger partial charge is 0.410 e. The summed E-state index contributed by atoms with van der Waals surface area (Å²) in [6, 6.07) is 7.07. The summed E-state index contributed by atoms with van der Waals surface area (Å²) in [5, 5.41) is 28.6. The number of aliphatic hydroxyl groups is 1. The summed E-state index contributed by atoms with van der Waals surface area (Å²) in [6.45, 7) is 9.78. The number of hydrogen-bond donors (Lipinski definition) is 2. The van der Waals surface area contributed by atoms with Gasteiger partial charge in [-0.25, -0.2) is 14.5 Å². The minimum atomic E-state index is -0.362. The Balaban J connectivity index is 1.24. The molecule has 13 nitrogen and oxygen atoms in total. The molecule has 0 bridgehead atoms. The van der Waals surface area contributed by atoms with E-state index < -0.39 is 0 Å². The molecule has 1 aliphatic heterocycles. The summed E-state index contributed by atoms with van der Waals surface area (Å²) in [5.74, 6) is 0.990. The van der Waals surface area contributed by atoms with E-state index in [1.165, 1.54) is 4.68 Å². The summed E-state index contributed by atoms with van der Waals surface area (Å²) in [6.07, 6.45) is 5.74. The highest BCUT2D eigenvalue weighted by atomic mass is 16.6. The standard InChI is InChI=1S/C26H30N10O3/c1-4-35-13-19(11-28-35)16-39-26(38)34-9-8-20-12-27-23(10-21(20)14-34)18(3)29-24-7-5-6-22(30-24)25-31-32-33-36(25)17(2)15-37/h5-7,10-13,17,37H,3-4,8-9,14-16H2,1-2H3,(H,29,30)/t17-/m1/s1. The largest absolute Gasteiger partial charge is 0.444 e. The van der Waals surface area contributed by atoms with E-state index in [1.807, 2.05) is 38.4 Å². The van der Waals surface area contributed by atoms with Gasteiger partial charge >= 0.3 is 6.09 Å². The van der Waals surface area contributed by atoms with Crippen LogP contribution in [0.25, 0.3) is 17.2 Å². The van der Waals surface area contributed by atoms with Crippen LogP contribution in [0.4, 0.5) is 10.6 Å². The Morgan fingerprint density at radius 3 is 2.95 bits per heavy atom. The SMILES string of the molecule is C=C(Nc1cccc(-c2nnnn2[C@H](C)CO)n1)c1cc2c(cn1)CCN(C(=O)OCc1cnn(CC)c1)C2. The van der Waals surface area contributed by atoms with Crippen LogP contribution in [0.15, 0.2) is 49.4 Å². The Kier molecular flexibility index (Phi) is 7.59. The first-order valence-electron chi connectivity index (χ1n) is 12.7. The number of carbonyl (C=O) groups is 1. The van der Waals surface area contributed by atoms with Crippen LogP contribution in [0.5, 0.6) is 0 Å². The molecule has 4 aromatic heterocycles. The third kappa shape index (κ3) is 5.77. The molecule has 5 rings (SSSR count). The zero-order valence-corrected chi connectivity index (χ0v) is 21.9. The Bertz CT molecular complexity index is 1480. The number of aliphatic hydroxyl groups excluding tert-OH is 1. The second kappa shape index (κ2) is 11.4. The van der Waals surface area contributed by atoms with Gasteiger partial charge in [0.2, 0.25) is 5.82 Å². The Morgan fingerprint density at radius 2 is 2.15 bits per heavy atom. The highest BCUT2D eigenvalue weighted by Crippen LogP contribution is 2.24. The predicted octanol–water partition coefficient (Wildman–Crippen LogP) is 2.68. The van der Waals surface area contributed by atoms with Gasteiger partial charge < -0.3 is 20.1 Å². The van der Waals surface area contributed by atoms with Gasteiger partial charge in [-0.1, -0.05) is 12.6 Å². The van der Waals surface area contributed by atoms with Crippen molar-refractivity contribution < 1.29 is 14.6 Å². The second-order valence-corrected chi connectivity index (χ2v) is 9.26. The van der Waals surface area contributed by atoms with Gasteiger partial charge in [0.15, 0.2) is 0 Å². The number of nitrogens with zero attached hydrogens (tertiary/aromatic N) is 9. The first-order valence-corrected chi connectivity index (χ1v) is 12.7. The number of ether oxygens (including phenoxy) is 1. The fraction of sp³-hybridized carbons (Fsp3) is 0.346. The van der Waals surface area contributed by atoms with Gasteiger partial charge in [0.1, 0.15) is 18.1 Å². The van der Waals surface area contributed by atoms with Gasteiger partial charge in [-0.05, 0) is 60.0 Å². The highest BCUT2D eigenvalue weighted by Gasteiger charge is 2.23. The summed E-state index contributed by atoms with van der Waals surface area (Å²) >= 11 is 0. The van der Waals surface area contributed by atoms with Crippen molar-refractivity contribution in [1.29, 1.82) is 0 Å². The second-order valence-electron chi connectivity index (χ2n) is 9.26. The van der Waals surface area contributed by atoms with E-state index in [-0.39, 0.29) is 25.3 Å². The van der Waals surface area contributed by atoms with E-state index in [0.29, 0.717) is 48.2 Å². The zero-order valence-electron chi connectivity index (χ0n) is 21.9. The van der Waals surface area contributed by atoms with E-state index >= 15 is 0 Å². The van der Waals surface area contributed by atoms with Gasteiger partial charge in [0, 0.05) is 37.6 Å². The fourth-order valence-corrected chi connectivity index (χ4v) is 4.23. The lowest BCUT2D eigenvalue weighted by atomic mass is 10.0. The first-order chi connectivity index (χ1) is 18.9. The molecule has 13 heteroatoms. The van der Waals surface area contributed by atoms with Crippen LogP contribution >= 0.6 is 0 Å². The molecule has 0 saturated heterocycles. The number of pyridine rings is 2. The van der Waals surface area contributed by atoms with E-state index in [2.05, 4.69) is 42.5 Å². The van der Waals surface area contributed by atoms with Gasteiger partial charge in [0.25, 0.3) is 0 Å². The summed E-state index contributed by atoms with van der Waals surface area (Å²) in [4.78, 5) is 23.6. The number of rotatable bonds is 9. The minimum Gasteiger partial charge on any atom is -0.444 e. The molecule has 0 aromatic carbocycles. The molecular weight excluding hydrogens is 500 g/mol. The van der Waals surface area contributed by atoms with Crippen molar-refractivity contribution >= 4 is 17.6 Å². The monoisotopic (exact) mass is 530 g/mol. The minimum absolute atomic E-state index is 0.101. The van der Waals surface area contributed by atoms with Crippen LogP contribution in [0.1, 0.15) is 42.3 Å². The number of fused-ring (bicyclic) bond motifs is 1. The maximum Gasteiger partial charge on any atom is 0.410 e. The first kappa shape index (κ1) is 26.0. The molecule has 0 unspecified atom stereocenters. The third-order valence-corrected chi connectivity index (χ3v) is 6.47. The van der Waals surface area contributed by atoms with E-state index in [0.717, 1.165) is 23.2 Å². The van der Waals surface area contributed by atoms with Crippen molar-refractivity contribution in [2.24, 2.45) is 0 Å². The number of hydrogen-bond acceptors (Lipinski definition) is 10. The van der Waals surface area contributed by atoms with Crippen LogP contribution < -0.4 is 5.32 Å². The van der Waals surface area contributed by atoms with Crippen LogP contribution in [0, 0.1) is 0 Å². The number of carbonyl (C=O) groups excluding carboxylic acids is 1. The molecule has 5 heterocycles.